The molecular formula is C45H42NOP. The Morgan fingerprint density at radius 1 is 0.625 bits per heavy atom. The molecule has 3 heteroatoms. The first-order valence-corrected chi connectivity index (χ1v) is 18.4. The van der Waals surface area contributed by atoms with Crippen molar-refractivity contribution in [1.82, 2.24) is 5.32 Å². The van der Waals surface area contributed by atoms with Gasteiger partial charge in [0.1, 0.15) is 0 Å². The topological polar surface area (TPSA) is 29.1 Å². The highest BCUT2D eigenvalue weighted by Crippen LogP contribution is 2.58. The standard InChI is InChI=1S/C43H36NOP.C2H6/c1-32(16-15-31-44-2)43(34-17-6-3-7-18-34)40-25-13-12-23-39(40)42-38(24-14-26-41(42)43)33-27-29-37(30-28-33)46(45,35-19-8-4-9-20-35)36-21-10-5-11-22-36;1-2/h3-30,44H,1,31H2,2H3;1-2H3/b16-15-;. The summed E-state index contributed by atoms with van der Waals surface area (Å²) in [6.45, 7) is 9.47. The van der Waals surface area contributed by atoms with Crippen LogP contribution in [-0.4, -0.2) is 13.6 Å². The van der Waals surface area contributed by atoms with Gasteiger partial charge in [0.2, 0.25) is 0 Å². The van der Waals surface area contributed by atoms with E-state index >= 15 is 4.57 Å². The number of hydrogen-bond acceptors (Lipinski definition) is 2. The molecule has 7 rings (SSSR count). The Labute approximate surface area is 285 Å². The molecule has 1 aliphatic carbocycles. The van der Waals surface area contributed by atoms with E-state index in [2.05, 4.69) is 115 Å². The van der Waals surface area contributed by atoms with Crippen molar-refractivity contribution in [2.75, 3.05) is 13.6 Å². The van der Waals surface area contributed by atoms with Gasteiger partial charge in [0.05, 0.1) is 5.41 Å². The molecule has 6 aromatic rings. The third-order valence-electron chi connectivity index (χ3n) is 9.18. The Morgan fingerprint density at radius 3 is 1.73 bits per heavy atom. The number of hydrogen-bond donors (Lipinski definition) is 1. The van der Waals surface area contributed by atoms with E-state index in [0.29, 0.717) is 0 Å². The van der Waals surface area contributed by atoms with Crippen molar-refractivity contribution in [2.24, 2.45) is 0 Å². The second kappa shape index (κ2) is 14.4. The molecule has 0 aromatic heterocycles. The van der Waals surface area contributed by atoms with Crippen LogP contribution < -0.4 is 21.2 Å². The third kappa shape index (κ3) is 5.52. The molecule has 1 aliphatic rings. The average molecular weight is 644 g/mol. The SMILES string of the molecule is C=C(/C=C\CNC)C1(c2ccccc2)c2ccccc2-c2c(-c3ccc(P(=O)(c4ccccc4)c4ccccc4)cc3)cccc21.CC. The largest absolute Gasteiger partial charge is 0.316 e. The molecule has 2 nitrogen and oxygen atoms in total. The van der Waals surface area contributed by atoms with Crippen LogP contribution in [0.3, 0.4) is 0 Å². The minimum atomic E-state index is -3.07. The first-order valence-electron chi connectivity index (χ1n) is 16.7. The quantitative estimate of drug-likeness (QED) is 0.126. The molecule has 0 bridgehead atoms. The van der Waals surface area contributed by atoms with Crippen LogP contribution in [0, 0.1) is 0 Å². The molecule has 0 saturated heterocycles. The lowest BCUT2D eigenvalue weighted by atomic mass is 9.67. The van der Waals surface area contributed by atoms with Crippen LogP contribution >= 0.6 is 7.14 Å². The van der Waals surface area contributed by atoms with Crippen molar-refractivity contribution in [2.45, 2.75) is 19.3 Å². The van der Waals surface area contributed by atoms with Gasteiger partial charge in [-0.3, -0.25) is 0 Å². The molecule has 0 heterocycles. The van der Waals surface area contributed by atoms with Gasteiger partial charge in [-0.25, -0.2) is 0 Å². The zero-order valence-corrected chi connectivity index (χ0v) is 28.8. The second-order valence-corrected chi connectivity index (χ2v) is 14.5. The summed E-state index contributed by atoms with van der Waals surface area (Å²) < 4.78 is 15.0. The van der Waals surface area contributed by atoms with Crippen molar-refractivity contribution >= 4 is 23.1 Å². The van der Waals surface area contributed by atoms with Gasteiger partial charge in [-0.15, -0.1) is 0 Å². The van der Waals surface area contributed by atoms with Gasteiger partial charge in [-0.1, -0.05) is 190 Å². The van der Waals surface area contributed by atoms with E-state index in [0.717, 1.165) is 39.2 Å². The van der Waals surface area contributed by atoms with Crippen molar-refractivity contribution < 1.29 is 4.57 Å². The summed E-state index contributed by atoms with van der Waals surface area (Å²) in [4.78, 5) is 0. The van der Waals surface area contributed by atoms with Crippen molar-refractivity contribution in [3.05, 3.63) is 199 Å². The van der Waals surface area contributed by atoms with E-state index in [9.17, 15) is 0 Å². The minimum absolute atomic E-state index is 0.538. The van der Waals surface area contributed by atoms with Gasteiger partial charge in [-0.05, 0) is 51.6 Å². The molecule has 48 heavy (non-hydrogen) atoms. The molecule has 6 aromatic carbocycles. The van der Waals surface area contributed by atoms with Gasteiger partial charge in [0.15, 0.2) is 7.14 Å². The fourth-order valence-electron chi connectivity index (χ4n) is 7.12. The van der Waals surface area contributed by atoms with E-state index < -0.39 is 12.6 Å². The average Bonchev–Trinajstić information content (AvgIpc) is 3.48. The Hall–Kier alpha value is -5.01. The van der Waals surface area contributed by atoms with Gasteiger partial charge < -0.3 is 9.88 Å². The van der Waals surface area contributed by atoms with Crippen molar-refractivity contribution in [3.63, 3.8) is 0 Å². The molecular weight excluding hydrogens is 601 g/mol. The van der Waals surface area contributed by atoms with Gasteiger partial charge in [0, 0.05) is 22.5 Å². The number of benzene rings is 6. The molecule has 0 saturated carbocycles. The molecule has 238 valence electrons. The Morgan fingerprint density at radius 2 is 1.12 bits per heavy atom. The fourth-order valence-corrected chi connectivity index (χ4v) is 9.76. The normalized spacial score (nSPS) is 14.9. The maximum Gasteiger partial charge on any atom is 0.171 e. The molecule has 1 N–H and O–H groups in total. The number of likely N-dealkylation sites (N-methyl/N-ethyl adjacent to an activating group) is 1. The van der Waals surface area contributed by atoms with Crippen LogP contribution in [-0.2, 0) is 9.98 Å². The minimum Gasteiger partial charge on any atom is -0.316 e. The van der Waals surface area contributed by atoms with E-state index in [1.54, 1.807) is 0 Å². The summed E-state index contributed by atoms with van der Waals surface area (Å²) in [7, 11) is -1.11. The summed E-state index contributed by atoms with van der Waals surface area (Å²) >= 11 is 0. The van der Waals surface area contributed by atoms with E-state index in [1.807, 2.05) is 81.6 Å². The predicted molar refractivity (Wildman–Crippen MR) is 207 cm³/mol. The first kappa shape index (κ1) is 32.9. The molecule has 1 atom stereocenters. The molecule has 1 unspecified atom stereocenters. The van der Waals surface area contributed by atoms with E-state index in [-0.39, 0.29) is 0 Å². The van der Waals surface area contributed by atoms with E-state index in [4.69, 9.17) is 6.58 Å². The molecule has 0 aliphatic heterocycles. The molecule has 0 radical (unpaired) electrons. The first-order chi connectivity index (χ1) is 23.6. The number of nitrogens with one attached hydrogen (secondary N) is 1. The van der Waals surface area contributed by atoms with Crippen LogP contribution in [0.25, 0.3) is 22.3 Å². The predicted octanol–water partition coefficient (Wildman–Crippen LogP) is 9.67. The Balaban J connectivity index is 0.00000197. The van der Waals surface area contributed by atoms with Crippen molar-refractivity contribution in [3.8, 4) is 22.3 Å². The van der Waals surface area contributed by atoms with Crippen LogP contribution in [0.2, 0.25) is 0 Å². The van der Waals surface area contributed by atoms with Crippen LogP contribution in [0.5, 0.6) is 0 Å². The highest BCUT2D eigenvalue weighted by molar-refractivity contribution is 7.85. The summed E-state index contributed by atoms with van der Waals surface area (Å²) in [6, 6.07) is 54.2. The van der Waals surface area contributed by atoms with Gasteiger partial charge >= 0.3 is 0 Å². The third-order valence-corrected chi connectivity index (χ3v) is 12.3. The number of allylic oxidation sites excluding steroid dienone is 2. The summed E-state index contributed by atoms with van der Waals surface area (Å²) in [6.07, 6.45) is 4.31. The number of rotatable bonds is 9. The Bertz CT molecular complexity index is 2040. The maximum atomic E-state index is 15.0. The van der Waals surface area contributed by atoms with Crippen LogP contribution in [0.4, 0.5) is 0 Å². The zero-order valence-electron chi connectivity index (χ0n) is 27.9. The Kier molecular flexibility index (Phi) is 9.88. The van der Waals surface area contributed by atoms with Crippen molar-refractivity contribution in [1.29, 1.82) is 0 Å². The summed E-state index contributed by atoms with van der Waals surface area (Å²) in [5, 5.41) is 5.71. The monoisotopic (exact) mass is 643 g/mol. The lowest BCUT2D eigenvalue weighted by molar-refractivity contribution is 0.592. The van der Waals surface area contributed by atoms with Crippen LogP contribution in [0.1, 0.15) is 30.5 Å². The summed E-state index contributed by atoms with van der Waals surface area (Å²) in [5.74, 6) is 0. The highest BCUT2D eigenvalue weighted by Gasteiger charge is 2.46. The lowest BCUT2D eigenvalue weighted by Crippen LogP contribution is -2.28. The molecule has 0 spiro atoms. The fraction of sp³-hybridized carbons (Fsp3) is 0.111. The van der Waals surface area contributed by atoms with E-state index in [1.165, 1.54) is 27.8 Å². The maximum absolute atomic E-state index is 15.0. The van der Waals surface area contributed by atoms with Crippen LogP contribution in [0.15, 0.2) is 182 Å². The smallest absolute Gasteiger partial charge is 0.171 e. The zero-order chi connectivity index (χ0) is 33.6. The molecule has 0 fully saturated rings. The second-order valence-electron chi connectivity index (χ2n) is 11.7. The van der Waals surface area contributed by atoms with Gasteiger partial charge in [-0.2, -0.15) is 0 Å². The van der Waals surface area contributed by atoms with Gasteiger partial charge in [0.25, 0.3) is 0 Å². The molecule has 0 amide bonds. The lowest BCUT2D eigenvalue weighted by Gasteiger charge is -2.34. The summed E-state index contributed by atoms with van der Waals surface area (Å²) in [5.41, 5.74) is 8.80. The highest BCUT2D eigenvalue weighted by atomic mass is 31.2. The number of fused-ring (bicyclic) bond motifs is 3.